The van der Waals surface area contributed by atoms with Crippen molar-refractivity contribution in [1.29, 1.82) is 0 Å². The van der Waals surface area contributed by atoms with Gasteiger partial charge in [0.1, 0.15) is 0 Å². The van der Waals surface area contributed by atoms with E-state index in [9.17, 15) is 13.2 Å². The molecular weight excluding hydrogens is 395 g/mol. The SMILES string of the molecule is COCCCNC(=O)CNS(=O)(=O)c1ccc(I)cc1. The smallest absolute Gasteiger partial charge is 0.241 e. The number of ether oxygens (including phenoxy) is 1. The molecule has 20 heavy (non-hydrogen) atoms. The highest BCUT2D eigenvalue weighted by molar-refractivity contribution is 14.1. The quantitative estimate of drug-likeness (QED) is 0.487. The number of hydrogen-bond acceptors (Lipinski definition) is 4. The van der Waals surface area contributed by atoms with Gasteiger partial charge in [-0.3, -0.25) is 4.79 Å². The minimum absolute atomic E-state index is 0.144. The summed E-state index contributed by atoms with van der Waals surface area (Å²) in [6.07, 6.45) is 0.687. The molecule has 0 aliphatic heterocycles. The summed E-state index contributed by atoms with van der Waals surface area (Å²) in [7, 11) is -2.07. The predicted molar refractivity (Wildman–Crippen MR) is 83.9 cm³/mol. The molecule has 0 heterocycles. The van der Waals surface area contributed by atoms with E-state index in [1.54, 1.807) is 19.2 Å². The van der Waals surface area contributed by atoms with Gasteiger partial charge in [0.05, 0.1) is 11.4 Å². The Labute approximate surface area is 132 Å². The Bertz CT molecular complexity index is 531. The lowest BCUT2D eigenvalue weighted by Crippen LogP contribution is -2.37. The maximum absolute atomic E-state index is 11.9. The number of methoxy groups -OCH3 is 1. The van der Waals surface area contributed by atoms with Crippen LogP contribution in [0.4, 0.5) is 0 Å². The highest BCUT2D eigenvalue weighted by Gasteiger charge is 2.14. The summed E-state index contributed by atoms with van der Waals surface area (Å²) in [5.74, 6) is -0.366. The Morgan fingerprint density at radius 2 is 1.95 bits per heavy atom. The topological polar surface area (TPSA) is 84.5 Å². The molecule has 1 rings (SSSR count). The zero-order valence-corrected chi connectivity index (χ0v) is 14.0. The summed E-state index contributed by atoms with van der Waals surface area (Å²) in [6, 6.07) is 6.39. The molecule has 0 aromatic heterocycles. The van der Waals surface area contributed by atoms with Crippen LogP contribution in [0.5, 0.6) is 0 Å². The van der Waals surface area contributed by atoms with Gasteiger partial charge < -0.3 is 10.1 Å². The monoisotopic (exact) mass is 412 g/mol. The number of carbonyl (C=O) groups excluding carboxylic acids is 1. The number of carbonyl (C=O) groups is 1. The lowest BCUT2D eigenvalue weighted by molar-refractivity contribution is -0.120. The number of hydrogen-bond donors (Lipinski definition) is 2. The van der Waals surface area contributed by atoms with Crippen LogP contribution in [0.2, 0.25) is 0 Å². The van der Waals surface area contributed by atoms with E-state index in [1.807, 2.05) is 0 Å². The molecule has 0 spiro atoms. The van der Waals surface area contributed by atoms with Gasteiger partial charge in [-0.05, 0) is 53.3 Å². The molecule has 0 radical (unpaired) electrons. The molecular formula is C12H17IN2O4S. The molecule has 0 saturated carbocycles. The molecule has 0 fully saturated rings. The Kier molecular flexibility index (Phi) is 7.41. The van der Waals surface area contributed by atoms with Crippen LogP contribution >= 0.6 is 22.6 Å². The molecule has 6 nitrogen and oxygen atoms in total. The van der Waals surface area contributed by atoms with Crippen molar-refractivity contribution in [2.75, 3.05) is 26.8 Å². The van der Waals surface area contributed by atoms with Gasteiger partial charge in [0.2, 0.25) is 15.9 Å². The van der Waals surface area contributed by atoms with Crippen molar-refractivity contribution in [3.63, 3.8) is 0 Å². The maximum Gasteiger partial charge on any atom is 0.241 e. The van der Waals surface area contributed by atoms with Gasteiger partial charge in [0.25, 0.3) is 0 Å². The molecule has 112 valence electrons. The average molecular weight is 412 g/mol. The molecule has 0 aliphatic carbocycles. The molecule has 1 aromatic rings. The van der Waals surface area contributed by atoms with E-state index in [-0.39, 0.29) is 17.3 Å². The molecule has 8 heteroatoms. The fourth-order valence-electron chi connectivity index (χ4n) is 1.36. The van der Waals surface area contributed by atoms with E-state index >= 15 is 0 Å². The molecule has 2 N–H and O–H groups in total. The number of amides is 1. The number of sulfonamides is 1. The minimum atomic E-state index is -3.65. The van der Waals surface area contributed by atoms with E-state index in [4.69, 9.17) is 4.74 Å². The van der Waals surface area contributed by atoms with Gasteiger partial charge in [0, 0.05) is 23.8 Å². The highest BCUT2D eigenvalue weighted by Crippen LogP contribution is 2.11. The van der Waals surface area contributed by atoms with E-state index in [1.165, 1.54) is 12.1 Å². The van der Waals surface area contributed by atoms with Gasteiger partial charge in [-0.1, -0.05) is 0 Å². The first-order chi connectivity index (χ1) is 9.45. The second-order valence-electron chi connectivity index (χ2n) is 3.97. The van der Waals surface area contributed by atoms with E-state index in [0.29, 0.717) is 19.6 Å². The summed E-state index contributed by atoms with van der Waals surface area (Å²) in [4.78, 5) is 11.6. The van der Waals surface area contributed by atoms with Crippen molar-refractivity contribution < 1.29 is 17.9 Å². The maximum atomic E-state index is 11.9. The Balaban J connectivity index is 2.43. The third-order valence-electron chi connectivity index (χ3n) is 2.39. The van der Waals surface area contributed by atoms with E-state index < -0.39 is 10.0 Å². The van der Waals surface area contributed by atoms with Crippen molar-refractivity contribution in [2.24, 2.45) is 0 Å². The van der Waals surface area contributed by atoms with Crippen LogP contribution in [0.3, 0.4) is 0 Å². The van der Waals surface area contributed by atoms with Gasteiger partial charge in [-0.25, -0.2) is 13.1 Å². The van der Waals surface area contributed by atoms with Crippen LogP contribution < -0.4 is 10.0 Å². The summed E-state index contributed by atoms with van der Waals surface area (Å²) >= 11 is 2.09. The molecule has 1 amide bonds. The van der Waals surface area contributed by atoms with Crippen molar-refractivity contribution >= 4 is 38.5 Å². The third-order valence-corrected chi connectivity index (χ3v) is 4.53. The number of nitrogens with one attached hydrogen (secondary N) is 2. The predicted octanol–water partition coefficient (Wildman–Crippen LogP) is 0.722. The van der Waals surface area contributed by atoms with Crippen LogP contribution in [0.15, 0.2) is 29.2 Å². The van der Waals surface area contributed by atoms with E-state index in [2.05, 4.69) is 32.6 Å². The lowest BCUT2D eigenvalue weighted by atomic mass is 10.4. The fourth-order valence-corrected chi connectivity index (χ4v) is 2.71. The zero-order chi connectivity index (χ0) is 15.0. The average Bonchev–Trinajstić information content (AvgIpc) is 2.42. The number of benzene rings is 1. The molecule has 0 bridgehead atoms. The normalized spacial score (nSPS) is 11.3. The second kappa shape index (κ2) is 8.55. The summed E-state index contributed by atoms with van der Waals surface area (Å²) in [5.41, 5.74) is 0. The van der Waals surface area contributed by atoms with Crippen molar-refractivity contribution in [1.82, 2.24) is 10.0 Å². The number of rotatable bonds is 8. The second-order valence-corrected chi connectivity index (χ2v) is 6.99. The first-order valence-corrected chi connectivity index (χ1v) is 8.53. The standard InChI is InChI=1S/C12H17IN2O4S/c1-19-8-2-7-14-12(16)9-15-20(17,18)11-5-3-10(13)4-6-11/h3-6,15H,2,7-9H2,1H3,(H,14,16). The van der Waals surface area contributed by atoms with Gasteiger partial charge in [0.15, 0.2) is 0 Å². The third kappa shape index (κ3) is 6.16. The van der Waals surface area contributed by atoms with Crippen molar-refractivity contribution in [3.8, 4) is 0 Å². The first kappa shape index (κ1) is 17.3. The van der Waals surface area contributed by atoms with Gasteiger partial charge >= 0.3 is 0 Å². The van der Waals surface area contributed by atoms with Crippen LogP contribution in [0.25, 0.3) is 0 Å². The fraction of sp³-hybridized carbons (Fsp3) is 0.417. The van der Waals surface area contributed by atoms with Crippen LogP contribution in [0, 0.1) is 3.57 Å². The summed E-state index contributed by atoms with van der Waals surface area (Å²) < 4.78 is 31.9. The molecule has 0 unspecified atom stereocenters. The van der Waals surface area contributed by atoms with Crippen LogP contribution in [-0.2, 0) is 19.6 Å². The summed E-state index contributed by atoms with van der Waals surface area (Å²) in [6.45, 7) is 0.730. The highest BCUT2D eigenvalue weighted by atomic mass is 127. The molecule has 0 aliphatic rings. The summed E-state index contributed by atoms with van der Waals surface area (Å²) in [5, 5.41) is 2.60. The largest absolute Gasteiger partial charge is 0.385 e. The molecule has 1 aromatic carbocycles. The minimum Gasteiger partial charge on any atom is -0.385 e. The Hall–Kier alpha value is -0.710. The zero-order valence-electron chi connectivity index (χ0n) is 11.1. The van der Waals surface area contributed by atoms with E-state index in [0.717, 1.165) is 3.57 Å². The number of halogens is 1. The van der Waals surface area contributed by atoms with Crippen LogP contribution in [0.1, 0.15) is 6.42 Å². The Morgan fingerprint density at radius 3 is 2.55 bits per heavy atom. The van der Waals surface area contributed by atoms with Crippen molar-refractivity contribution in [3.05, 3.63) is 27.8 Å². The Morgan fingerprint density at radius 1 is 1.30 bits per heavy atom. The van der Waals surface area contributed by atoms with Crippen molar-refractivity contribution in [2.45, 2.75) is 11.3 Å². The first-order valence-electron chi connectivity index (χ1n) is 5.96. The van der Waals surface area contributed by atoms with Crippen LogP contribution in [-0.4, -0.2) is 41.1 Å². The lowest BCUT2D eigenvalue weighted by Gasteiger charge is -2.07. The van der Waals surface area contributed by atoms with Gasteiger partial charge in [-0.15, -0.1) is 0 Å². The van der Waals surface area contributed by atoms with Gasteiger partial charge in [-0.2, -0.15) is 0 Å². The molecule has 0 atom stereocenters. The molecule has 0 saturated heterocycles.